The first kappa shape index (κ1) is 22.8. The van der Waals surface area contributed by atoms with Crippen molar-refractivity contribution in [1.82, 2.24) is 10.2 Å². The predicted octanol–water partition coefficient (Wildman–Crippen LogP) is 3.92. The molecule has 0 aromatic heterocycles. The van der Waals surface area contributed by atoms with Crippen LogP contribution >= 0.6 is 0 Å². The molecule has 1 atom stereocenters. The van der Waals surface area contributed by atoms with E-state index in [-0.39, 0.29) is 23.9 Å². The van der Waals surface area contributed by atoms with Crippen molar-refractivity contribution in [1.29, 1.82) is 0 Å². The second-order valence-corrected chi connectivity index (χ2v) is 7.83. The second kappa shape index (κ2) is 10.2. The van der Waals surface area contributed by atoms with Crippen LogP contribution in [0.2, 0.25) is 0 Å². The molecule has 1 rings (SSSR count). The third-order valence-electron chi connectivity index (χ3n) is 4.74. The summed E-state index contributed by atoms with van der Waals surface area (Å²) in [6.45, 7) is 13.0. The highest BCUT2D eigenvalue weighted by atomic mass is 16.2. The number of urea groups is 1. The molecular formula is C21H36N4O2. The zero-order chi connectivity index (χ0) is 20.7. The third-order valence-corrected chi connectivity index (χ3v) is 4.74. The van der Waals surface area contributed by atoms with Crippen LogP contribution in [0.15, 0.2) is 18.2 Å². The molecule has 0 aliphatic carbocycles. The Morgan fingerprint density at radius 2 is 1.70 bits per heavy atom. The van der Waals surface area contributed by atoms with Gasteiger partial charge in [0.1, 0.15) is 0 Å². The Labute approximate surface area is 164 Å². The van der Waals surface area contributed by atoms with Crippen LogP contribution in [0.3, 0.4) is 0 Å². The Balaban J connectivity index is 3.24. The van der Waals surface area contributed by atoms with Gasteiger partial charge < -0.3 is 20.4 Å². The van der Waals surface area contributed by atoms with Crippen LogP contribution in [0, 0.1) is 11.8 Å². The third kappa shape index (κ3) is 6.45. The quantitative estimate of drug-likeness (QED) is 0.723. The molecule has 1 aromatic rings. The maximum atomic E-state index is 12.7. The highest BCUT2D eigenvalue weighted by Gasteiger charge is 2.24. The number of rotatable bonds is 8. The normalized spacial score (nSPS) is 12.1. The summed E-state index contributed by atoms with van der Waals surface area (Å²) >= 11 is 0. The smallest absolute Gasteiger partial charge is 0.317 e. The zero-order valence-corrected chi connectivity index (χ0v) is 18.1. The van der Waals surface area contributed by atoms with E-state index < -0.39 is 0 Å². The average molecular weight is 377 g/mol. The van der Waals surface area contributed by atoms with Gasteiger partial charge in [0.25, 0.3) is 0 Å². The van der Waals surface area contributed by atoms with E-state index in [4.69, 9.17) is 0 Å². The fourth-order valence-electron chi connectivity index (χ4n) is 2.71. The largest absolute Gasteiger partial charge is 0.377 e. The van der Waals surface area contributed by atoms with Crippen molar-refractivity contribution in [2.24, 2.45) is 11.8 Å². The van der Waals surface area contributed by atoms with E-state index in [2.05, 4.69) is 31.4 Å². The molecule has 0 radical (unpaired) electrons. The molecule has 27 heavy (non-hydrogen) atoms. The van der Waals surface area contributed by atoms with Crippen molar-refractivity contribution < 1.29 is 9.59 Å². The standard InChI is InChI=1S/C21H36N4O2/c1-9-22-21(27)25(16(6)14(2)3)13-17-12-18(23-20(26)15(4)5)10-11-19(17)24(7)8/h10-12,14-16H,9,13H2,1-8H3,(H,22,27)(H,23,26). The van der Waals surface area contributed by atoms with Gasteiger partial charge in [-0.2, -0.15) is 0 Å². The topological polar surface area (TPSA) is 64.7 Å². The lowest BCUT2D eigenvalue weighted by molar-refractivity contribution is -0.118. The number of carbonyl (C=O) groups excluding carboxylic acids is 2. The zero-order valence-electron chi connectivity index (χ0n) is 18.1. The number of nitrogens with zero attached hydrogens (tertiary/aromatic N) is 2. The first-order valence-corrected chi connectivity index (χ1v) is 9.74. The molecule has 0 saturated heterocycles. The molecule has 2 N–H and O–H groups in total. The van der Waals surface area contributed by atoms with Gasteiger partial charge in [0.15, 0.2) is 0 Å². The summed E-state index contributed by atoms with van der Waals surface area (Å²) in [6, 6.07) is 5.87. The maximum Gasteiger partial charge on any atom is 0.317 e. The van der Waals surface area contributed by atoms with Crippen LogP contribution < -0.4 is 15.5 Å². The van der Waals surface area contributed by atoms with Crippen molar-refractivity contribution in [3.63, 3.8) is 0 Å². The first-order chi connectivity index (χ1) is 12.6. The Morgan fingerprint density at radius 1 is 1.07 bits per heavy atom. The van der Waals surface area contributed by atoms with Gasteiger partial charge in [-0.3, -0.25) is 4.79 Å². The van der Waals surface area contributed by atoms with Crippen LogP contribution in [0.25, 0.3) is 0 Å². The molecule has 6 nitrogen and oxygen atoms in total. The number of benzene rings is 1. The molecular weight excluding hydrogens is 340 g/mol. The maximum absolute atomic E-state index is 12.7. The first-order valence-electron chi connectivity index (χ1n) is 9.74. The van der Waals surface area contributed by atoms with Crippen LogP contribution in [0.5, 0.6) is 0 Å². The molecule has 0 saturated carbocycles. The molecule has 0 aliphatic heterocycles. The minimum atomic E-state index is -0.0882. The van der Waals surface area contributed by atoms with Gasteiger partial charge >= 0.3 is 6.03 Å². The Hall–Kier alpha value is -2.24. The predicted molar refractivity (Wildman–Crippen MR) is 113 cm³/mol. The minimum absolute atomic E-state index is 0.0188. The van der Waals surface area contributed by atoms with Gasteiger partial charge in [-0.25, -0.2) is 4.79 Å². The molecule has 0 heterocycles. The van der Waals surface area contributed by atoms with Gasteiger partial charge in [0.05, 0.1) is 0 Å². The monoisotopic (exact) mass is 376 g/mol. The molecule has 0 bridgehead atoms. The summed E-state index contributed by atoms with van der Waals surface area (Å²) in [7, 11) is 3.96. The Bertz CT molecular complexity index is 641. The van der Waals surface area contributed by atoms with Gasteiger partial charge in [-0.15, -0.1) is 0 Å². The number of carbonyl (C=O) groups is 2. The summed E-state index contributed by atoms with van der Waals surface area (Å²) in [6.07, 6.45) is 0. The van der Waals surface area contributed by atoms with Gasteiger partial charge in [-0.05, 0) is 43.5 Å². The lowest BCUT2D eigenvalue weighted by Gasteiger charge is -2.33. The van der Waals surface area contributed by atoms with Crippen molar-refractivity contribution >= 4 is 23.3 Å². The number of nitrogens with one attached hydrogen (secondary N) is 2. The molecule has 0 aliphatic rings. The van der Waals surface area contributed by atoms with E-state index in [1.807, 2.05) is 62.9 Å². The van der Waals surface area contributed by atoms with Crippen molar-refractivity contribution in [2.45, 2.75) is 54.1 Å². The lowest BCUT2D eigenvalue weighted by Crippen LogP contribution is -2.46. The van der Waals surface area contributed by atoms with E-state index in [9.17, 15) is 9.59 Å². The molecule has 0 spiro atoms. The summed E-state index contributed by atoms with van der Waals surface area (Å²) < 4.78 is 0. The molecule has 1 unspecified atom stereocenters. The highest BCUT2D eigenvalue weighted by molar-refractivity contribution is 5.92. The molecule has 3 amide bonds. The summed E-state index contributed by atoms with van der Waals surface area (Å²) in [5.41, 5.74) is 2.78. The number of hydrogen-bond donors (Lipinski definition) is 2. The van der Waals surface area contributed by atoms with Crippen molar-refractivity contribution in [3.05, 3.63) is 23.8 Å². The van der Waals surface area contributed by atoms with E-state index in [0.717, 1.165) is 16.9 Å². The van der Waals surface area contributed by atoms with E-state index >= 15 is 0 Å². The lowest BCUT2D eigenvalue weighted by atomic mass is 10.0. The van der Waals surface area contributed by atoms with Crippen molar-refractivity contribution in [3.8, 4) is 0 Å². The SMILES string of the molecule is CCNC(=O)N(Cc1cc(NC(=O)C(C)C)ccc1N(C)C)C(C)C(C)C. The van der Waals surface area contributed by atoms with Crippen LogP contribution in [0.1, 0.15) is 47.1 Å². The highest BCUT2D eigenvalue weighted by Crippen LogP contribution is 2.26. The summed E-state index contributed by atoms with van der Waals surface area (Å²) in [4.78, 5) is 28.6. The van der Waals surface area contributed by atoms with Crippen LogP contribution in [-0.2, 0) is 11.3 Å². The van der Waals surface area contributed by atoms with E-state index in [1.54, 1.807) is 0 Å². The number of anilines is 2. The molecule has 0 fully saturated rings. The molecule has 1 aromatic carbocycles. The summed E-state index contributed by atoms with van der Waals surface area (Å²) in [5, 5.41) is 5.87. The Kier molecular flexibility index (Phi) is 8.60. The minimum Gasteiger partial charge on any atom is -0.377 e. The molecule has 6 heteroatoms. The van der Waals surface area contributed by atoms with Crippen molar-refractivity contribution in [2.75, 3.05) is 30.9 Å². The Morgan fingerprint density at radius 3 is 2.19 bits per heavy atom. The summed E-state index contributed by atoms with van der Waals surface area (Å²) in [5.74, 6) is 0.226. The second-order valence-electron chi connectivity index (χ2n) is 7.83. The van der Waals surface area contributed by atoms with E-state index in [1.165, 1.54) is 0 Å². The number of amides is 3. The number of hydrogen-bond acceptors (Lipinski definition) is 3. The van der Waals surface area contributed by atoms with Gasteiger partial charge in [0.2, 0.25) is 5.91 Å². The van der Waals surface area contributed by atoms with Crippen LogP contribution in [-0.4, -0.2) is 43.5 Å². The fourth-order valence-corrected chi connectivity index (χ4v) is 2.71. The van der Waals surface area contributed by atoms with Gasteiger partial charge in [-0.1, -0.05) is 27.7 Å². The average Bonchev–Trinajstić information content (AvgIpc) is 2.58. The molecule has 152 valence electrons. The van der Waals surface area contributed by atoms with Gasteiger partial charge in [0, 0.05) is 50.5 Å². The fraction of sp³-hybridized carbons (Fsp3) is 0.619. The van der Waals surface area contributed by atoms with E-state index in [0.29, 0.717) is 19.0 Å². The van der Waals surface area contributed by atoms with Crippen LogP contribution in [0.4, 0.5) is 16.2 Å².